The van der Waals surface area contributed by atoms with Gasteiger partial charge in [0.2, 0.25) is 5.91 Å². The van der Waals surface area contributed by atoms with Gasteiger partial charge in [-0.1, -0.05) is 47.6 Å². The Balaban J connectivity index is 1.68. The molecule has 0 aliphatic carbocycles. The van der Waals surface area contributed by atoms with Gasteiger partial charge in [0.15, 0.2) is 5.17 Å². The summed E-state index contributed by atoms with van der Waals surface area (Å²) < 4.78 is 12.9. The predicted molar refractivity (Wildman–Crippen MR) is 101 cm³/mol. The summed E-state index contributed by atoms with van der Waals surface area (Å²) in [6.07, 6.45) is 0.566. The molecule has 1 N–H and O–H groups in total. The first-order valence-corrected chi connectivity index (χ1v) is 8.87. The fourth-order valence-corrected chi connectivity index (χ4v) is 3.51. The van der Waals surface area contributed by atoms with Crippen LogP contribution in [0.1, 0.15) is 18.1 Å². The quantitative estimate of drug-likeness (QED) is 0.647. The lowest BCUT2D eigenvalue weighted by Gasteiger charge is -2.05. The van der Waals surface area contributed by atoms with Gasteiger partial charge < -0.3 is 5.32 Å². The van der Waals surface area contributed by atoms with Gasteiger partial charge in [-0.2, -0.15) is 5.10 Å². The van der Waals surface area contributed by atoms with Gasteiger partial charge >= 0.3 is 0 Å². The molecule has 1 aliphatic heterocycles. The van der Waals surface area contributed by atoms with Crippen molar-refractivity contribution in [1.29, 1.82) is 0 Å². The molecule has 2 aromatic rings. The molecule has 1 heterocycles. The molecular weight excluding hydrogens is 361 g/mol. The van der Waals surface area contributed by atoms with E-state index in [0.29, 0.717) is 22.3 Å². The predicted octanol–water partition coefficient (Wildman–Crippen LogP) is 4.03. The van der Waals surface area contributed by atoms with Gasteiger partial charge in [-0.15, -0.1) is 5.10 Å². The third-order valence-corrected chi connectivity index (χ3v) is 4.95. The van der Waals surface area contributed by atoms with E-state index in [1.807, 2.05) is 18.2 Å². The van der Waals surface area contributed by atoms with Crippen LogP contribution in [-0.2, 0) is 11.2 Å². The maximum absolute atomic E-state index is 12.9. The minimum absolute atomic E-state index is 0.0987. The fourth-order valence-electron chi connectivity index (χ4n) is 2.33. The van der Waals surface area contributed by atoms with Crippen LogP contribution in [-0.4, -0.2) is 22.0 Å². The second-order valence-corrected chi connectivity index (χ2v) is 7.16. The molecule has 0 radical (unpaired) electrons. The molecule has 0 unspecified atom stereocenters. The van der Waals surface area contributed by atoms with Crippen LogP contribution in [0, 0.1) is 5.82 Å². The number of carbonyl (C=O) groups is 1. The fraction of sp³-hybridized carbons (Fsp3) is 0.167. The van der Waals surface area contributed by atoms with E-state index in [1.165, 1.54) is 23.9 Å². The maximum Gasteiger partial charge on any atom is 0.239 e. The molecule has 7 heteroatoms. The van der Waals surface area contributed by atoms with Gasteiger partial charge in [0.1, 0.15) is 5.82 Å². The number of hydrogen-bond donors (Lipinski definition) is 1. The summed E-state index contributed by atoms with van der Waals surface area (Å²) in [6, 6.07) is 13.5. The molecule has 0 spiro atoms. The maximum atomic E-state index is 12.9. The average molecular weight is 376 g/mol. The molecule has 3 rings (SSSR count). The molecular formula is C18H15ClFN3OS. The Morgan fingerprint density at radius 1 is 1.28 bits per heavy atom. The van der Waals surface area contributed by atoms with Crippen molar-refractivity contribution in [3.8, 4) is 0 Å². The van der Waals surface area contributed by atoms with E-state index >= 15 is 0 Å². The van der Waals surface area contributed by atoms with Crippen LogP contribution < -0.4 is 5.32 Å². The van der Waals surface area contributed by atoms with Crippen LogP contribution in [0.4, 0.5) is 4.39 Å². The van der Waals surface area contributed by atoms with Gasteiger partial charge in [-0.05, 0) is 48.7 Å². The minimum atomic E-state index is -0.301. The van der Waals surface area contributed by atoms with E-state index < -0.39 is 0 Å². The Morgan fingerprint density at radius 3 is 2.76 bits per heavy atom. The highest BCUT2D eigenvalue weighted by Gasteiger charge is 2.30. The number of hydrogen-bond acceptors (Lipinski definition) is 4. The molecule has 0 aromatic heterocycles. The monoisotopic (exact) mass is 375 g/mol. The minimum Gasteiger partial charge on any atom is -0.303 e. The number of nitrogens with zero attached hydrogens (tertiary/aromatic N) is 2. The Bertz CT molecular complexity index is 852. The summed E-state index contributed by atoms with van der Waals surface area (Å²) >= 11 is 7.31. The average Bonchev–Trinajstić information content (AvgIpc) is 2.93. The smallest absolute Gasteiger partial charge is 0.239 e. The van der Waals surface area contributed by atoms with E-state index in [9.17, 15) is 9.18 Å². The summed E-state index contributed by atoms with van der Waals surface area (Å²) in [5.74, 6) is -0.399. The van der Waals surface area contributed by atoms with Crippen LogP contribution in [0.25, 0.3) is 0 Å². The summed E-state index contributed by atoms with van der Waals surface area (Å²) in [5.41, 5.74) is 2.41. The van der Waals surface area contributed by atoms with Gasteiger partial charge in [-0.25, -0.2) is 4.39 Å². The molecule has 1 saturated heterocycles. The number of nitrogens with one attached hydrogen (secondary N) is 1. The van der Waals surface area contributed by atoms with Crippen molar-refractivity contribution >= 4 is 40.1 Å². The van der Waals surface area contributed by atoms with Crippen molar-refractivity contribution in [3.05, 3.63) is 70.5 Å². The number of carbonyl (C=O) groups excluding carboxylic acids is 1. The van der Waals surface area contributed by atoms with Gasteiger partial charge in [0.25, 0.3) is 0 Å². The summed E-state index contributed by atoms with van der Waals surface area (Å²) in [7, 11) is 0. The number of benzene rings is 2. The largest absolute Gasteiger partial charge is 0.303 e. The number of halogens is 2. The summed E-state index contributed by atoms with van der Waals surface area (Å²) in [5, 5.41) is 11.8. The van der Waals surface area contributed by atoms with E-state index in [0.717, 1.165) is 11.1 Å². The molecule has 128 valence electrons. The van der Waals surface area contributed by atoms with Crippen molar-refractivity contribution in [2.75, 3.05) is 0 Å². The first kappa shape index (κ1) is 17.6. The number of rotatable bonds is 4. The lowest BCUT2D eigenvalue weighted by molar-refractivity contribution is -0.118. The SMILES string of the molecule is C/C(=N\N=C1/NC(=O)[C@@H](Cc2cccc(Cl)c2)S1)c1ccc(F)cc1. The zero-order valence-corrected chi connectivity index (χ0v) is 14.9. The molecule has 2 aromatic carbocycles. The molecule has 1 fully saturated rings. The number of thioether (sulfide) groups is 1. The summed E-state index contributed by atoms with van der Waals surface area (Å²) in [4.78, 5) is 12.1. The Kier molecular flexibility index (Phi) is 5.50. The third-order valence-electron chi connectivity index (χ3n) is 3.64. The number of amidine groups is 1. The standard InChI is InChI=1S/C18H15ClFN3OS/c1-11(13-5-7-15(20)8-6-13)22-23-18-21-17(24)16(25-18)10-12-3-2-4-14(19)9-12/h2-9,16H,10H2,1H3,(H,21,23,24)/b22-11+/t16-/m1/s1. The van der Waals surface area contributed by atoms with E-state index in [4.69, 9.17) is 11.6 Å². The lowest BCUT2D eigenvalue weighted by atomic mass is 10.1. The van der Waals surface area contributed by atoms with Crippen LogP contribution in [0.3, 0.4) is 0 Å². The first-order valence-electron chi connectivity index (χ1n) is 7.61. The normalized spacial score (nSPS) is 19.3. The van der Waals surface area contributed by atoms with E-state index in [-0.39, 0.29) is 17.0 Å². The van der Waals surface area contributed by atoms with Crippen molar-refractivity contribution in [1.82, 2.24) is 5.32 Å². The highest BCUT2D eigenvalue weighted by Crippen LogP contribution is 2.24. The zero-order valence-electron chi connectivity index (χ0n) is 13.4. The van der Waals surface area contributed by atoms with Crippen molar-refractivity contribution < 1.29 is 9.18 Å². The highest BCUT2D eigenvalue weighted by atomic mass is 35.5. The second-order valence-electron chi connectivity index (χ2n) is 5.53. The van der Waals surface area contributed by atoms with Crippen LogP contribution >= 0.6 is 23.4 Å². The van der Waals surface area contributed by atoms with Crippen molar-refractivity contribution in [2.24, 2.45) is 10.2 Å². The van der Waals surface area contributed by atoms with Crippen molar-refractivity contribution in [2.45, 2.75) is 18.6 Å². The Hall–Kier alpha value is -2.18. The molecule has 0 bridgehead atoms. The van der Waals surface area contributed by atoms with E-state index in [2.05, 4.69) is 15.5 Å². The third kappa shape index (κ3) is 4.67. The van der Waals surface area contributed by atoms with Crippen molar-refractivity contribution in [3.63, 3.8) is 0 Å². The summed E-state index contributed by atoms with van der Waals surface area (Å²) in [6.45, 7) is 1.78. The Morgan fingerprint density at radius 2 is 2.04 bits per heavy atom. The molecule has 25 heavy (non-hydrogen) atoms. The van der Waals surface area contributed by atoms with Crippen LogP contribution in [0.15, 0.2) is 58.7 Å². The van der Waals surface area contributed by atoms with E-state index in [1.54, 1.807) is 25.1 Å². The lowest BCUT2D eigenvalue weighted by Crippen LogP contribution is -2.25. The molecule has 4 nitrogen and oxygen atoms in total. The Labute approximate surface area is 154 Å². The number of amides is 1. The second kappa shape index (κ2) is 7.80. The zero-order chi connectivity index (χ0) is 17.8. The first-order chi connectivity index (χ1) is 12.0. The van der Waals surface area contributed by atoms with Crippen LogP contribution in [0.5, 0.6) is 0 Å². The van der Waals surface area contributed by atoms with Gasteiger partial charge in [-0.3, -0.25) is 4.79 Å². The van der Waals surface area contributed by atoms with Gasteiger partial charge in [0.05, 0.1) is 11.0 Å². The topological polar surface area (TPSA) is 53.8 Å². The van der Waals surface area contributed by atoms with Crippen LogP contribution in [0.2, 0.25) is 5.02 Å². The molecule has 0 saturated carbocycles. The molecule has 1 amide bonds. The molecule has 1 aliphatic rings. The highest BCUT2D eigenvalue weighted by molar-refractivity contribution is 8.15. The molecule has 1 atom stereocenters. The van der Waals surface area contributed by atoms with Gasteiger partial charge in [0, 0.05) is 5.02 Å².